The van der Waals surface area contributed by atoms with Gasteiger partial charge in [0.1, 0.15) is 0 Å². The van der Waals surface area contributed by atoms with Gasteiger partial charge in [0, 0.05) is 0 Å². The Morgan fingerprint density at radius 1 is 1.17 bits per heavy atom. The number of rotatable bonds is 2. The number of hydrogen-bond donors (Lipinski definition) is 1. The maximum absolute atomic E-state index is 10.8. The van der Waals surface area contributed by atoms with Crippen LogP contribution in [0.3, 0.4) is 0 Å². The minimum atomic E-state index is -3.78. The lowest BCUT2D eigenvalue weighted by Crippen LogP contribution is -2.63. The standard InChI is InChI=1S/C5H13N2O4P/c1-6(2)5(7(3)4)10-12(8,9)11-5/h1-4H3,(H,8,9). The third kappa shape index (κ3) is 1.42. The zero-order chi connectivity index (χ0) is 9.57. The van der Waals surface area contributed by atoms with Crippen molar-refractivity contribution >= 4 is 7.82 Å². The van der Waals surface area contributed by atoms with E-state index >= 15 is 0 Å². The lowest BCUT2D eigenvalue weighted by molar-refractivity contribution is -0.357. The second kappa shape index (κ2) is 2.77. The quantitative estimate of drug-likeness (QED) is 0.490. The van der Waals surface area contributed by atoms with Crippen molar-refractivity contribution < 1.29 is 18.5 Å². The summed E-state index contributed by atoms with van der Waals surface area (Å²) < 4.78 is 20.3. The van der Waals surface area contributed by atoms with E-state index < -0.39 is 13.9 Å². The largest absolute Gasteiger partial charge is 0.481 e. The Morgan fingerprint density at radius 3 is 1.58 bits per heavy atom. The molecule has 1 aliphatic heterocycles. The number of phosphoric ester groups is 1. The van der Waals surface area contributed by atoms with Crippen LogP contribution in [0.2, 0.25) is 0 Å². The van der Waals surface area contributed by atoms with Crippen molar-refractivity contribution in [2.75, 3.05) is 28.2 Å². The van der Waals surface area contributed by atoms with E-state index in [0.717, 1.165) is 0 Å². The molecule has 0 aromatic rings. The lowest BCUT2D eigenvalue weighted by atomic mass is 10.6. The molecular formula is C5H13N2O4P. The summed E-state index contributed by atoms with van der Waals surface area (Å²) in [5.74, 6) is 0. The molecule has 1 aliphatic rings. The van der Waals surface area contributed by atoms with Crippen LogP contribution in [-0.4, -0.2) is 48.9 Å². The summed E-state index contributed by atoms with van der Waals surface area (Å²) in [7, 11) is 3.00. The highest BCUT2D eigenvalue weighted by molar-refractivity contribution is 7.48. The fourth-order valence-corrected chi connectivity index (χ4v) is 2.30. The number of hydrogen-bond acceptors (Lipinski definition) is 5. The summed E-state index contributed by atoms with van der Waals surface area (Å²) in [6.07, 6.45) is 0. The fourth-order valence-electron chi connectivity index (χ4n) is 1.03. The summed E-state index contributed by atoms with van der Waals surface area (Å²) in [6.45, 7) is 0. The van der Waals surface area contributed by atoms with Gasteiger partial charge in [-0.2, -0.15) is 0 Å². The summed E-state index contributed by atoms with van der Waals surface area (Å²) in [5, 5.41) is 0. The Bertz CT molecular complexity index is 209. The molecule has 6 nitrogen and oxygen atoms in total. The van der Waals surface area contributed by atoms with Crippen molar-refractivity contribution in [3.8, 4) is 0 Å². The van der Waals surface area contributed by atoms with Crippen molar-refractivity contribution in [1.29, 1.82) is 0 Å². The van der Waals surface area contributed by atoms with Gasteiger partial charge in [-0.1, -0.05) is 0 Å². The highest BCUT2D eigenvalue weighted by atomic mass is 31.2. The normalized spacial score (nSPS) is 25.9. The molecule has 0 unspecified atom stereocenters. The molecule has 0 radical (unpaired) electrons. The maximum Gasteiger partial charge on any atom is 0.481 e. The highest BCUT2D eigenvalue weighted by Gasteiger charge is 2.59. The summed E-state index contributed by atoms with van der Waals surface area (Å²) >= 11 is 0. The first kappa shape index (κ1) is 10.1. The van der Waals surface area contributed by atoms with E-state index in [1.54, 1.807) is 38.0 Å². The van der Waals surface area contributed by atoms with Crippen molar-refractivity contribution in [2.45, 2.75) is 6.03 Å². The molecule has 1 saturated heterocycles. The monoisotopic (exact) mass is 196 g/mol. The molecule has 0 aromatic heterocycles. The SMILES string of the molecule is CN(C)C1(N(C)C)OP(=O)(O)O1. The zero-order valence-electron chi connectivity index (χ0n) is 7.51. The lowest BCUT2D eigenvalue weighted by Gasteiger charge is -2.49. The highest BCUT2D eigenvalue weighted by Crippen LogP contribution is 2.62. The smallest absolute Gasteiger partial charge is 0.302 e. The average molecular weight is 196 g/mol. The Hall–Kier alpha value is 0.0300. The van der Waals surface area contributed by atoms with Crippen molar-refractivity contribution in [2.24, 2.45) is 0 Å². The molecule has 0 bridgehead atoms. The Balaban J connectivity index is 2.76. The van der Waals surface area contributed by atoms with Gasteiger partial charge >= 0.3 is 13.9 Å². The van der Waals surface area contributed by atoms with Crippen molar-refractivity contribution in [3.05, 3.63) is 0 Å². The van der Waals surface area contributed by atoms with Crippen LogP contribution in [0.1, 0.15) is 0 Å². The van der Waals surface area contributed by atoms with Gasteiger partial charge in [-0.3, -0.25) is 0 Å². The van der Waals surface area contributed by atoms with Gasteiger partial charge in [-0.15, -0.1) is 0 Å². The molecule has 12 heavy (non-hydrogen) atoms. The van der Waals surface area contributed by atoms with Crippen LogP contribution in [0.4, 0.5) is 0 Å². The molecule has 0 spiro atoms. The van der Waals surface area contributed by atoms with E-state index in [2.05, 4.69) is 0 Å². The maximum atomic E-state index is 10.8. The third-order valence-electron chi connectivity index (χ3n) is 1.60. The van der Waals surface area contributed by atoms with Gasteiger partial charge in [0.25, 0.3) is 0 Å². The molecule has 72 valence electrons. The summed E-state index contributed by atoms with van der Waals surface area (Å²) in [6, 6.07) is -1.19. The molecule has 1 rings (SSSR count). The molecule has 1 fully saturated rings. The van der Waals surface area contributed by atoms with E-state index in [1.165, 1.54) is 0 Å². The van der Waals surface area contributed by atoms with Crippen LogP contribution in [0, 0.1) is 0 Å². The predicted molar refractivity (Wildman–Crippen MR) is 42.1 cm³/mol. The molecule has 1 heterocycles. The number of nitrogens with zero attached hydrogens (tertiary/aromatic N) is 2. The Labute approximate surface area is 71.3 Å². The second-order valence-corrected chi connectivity index (χ2v) is 4.29. The Kier molecular flexibility index (Phi) is 2.33. The zero-order valence-corrected chi connectivity index (χ0v) is 8.41. The minimum Gasteiger partial charge on any atom is -0.302 e. The Morgan fingerprint density at radius 2 is 1.50 bits per heavy atom. The molecular weight excluding hydrogens is 183 g/mol. The summed E-state index contributed by atoms with van der Waals surface area (Å²) in [5.41, 5.74) is 0. The topological polar surface area (TPSA) is 62.2 Å². The first-order valence-electron chi connectivity index (χ1n) is 3.39. The van der Waals surface area contributed by atoms with E-state index in [0.29, 0.717) is 0 Å². The molecule has 1 N–H and O–H groups in total. The van der Waals surface area contributed by atoms with Gasteiger partial charge in [0.2, 0.25) is 0 Å². The van der Waals surface area contributed by atoms with E-state index in [-0.39, 0.29) is 0 Å². The molecule has 7 heteroatoms. The van der Waals surface area contributed by atoms with E-state index in [4.69, 9.17) is 13.9 Å². The molecule has 0 aliphatic carbocycles. The van der Waals surface area contributed by atoms with Gasteiger partial charge in [0.15, 0.2) is 0 Å². The molecule has 0 aromatic carbocycles. The van der Waals surface area contributed by atoms with Crippen LogP contribution in [-0.2, 0) is 13.6 Å². The first-order chi connectivity index (χ1) is 5.30. The fraction of sp³-hybridized carbons (Fsp3) is 1.00. The van der Waals surface area contributed by atoms with E-state index in [9.17, 15) is 4.57 Å². The predicted octanol–water partition coefficient (Wildman–Crippen LogP) is -0.132. The minimum absolute atomic E-state index is 1.19. The van der Waals surface area contributed by atoms with Crippen LogP contribution >= 0.6 is 7.82 Å². The van der Waals surface area contributed by atoms with Crippen LogP contribution in [0.25, 0.3) is 0 Å². The van der Waals surface area contributed by atoms with Gasteiger partial charge in [-0.25, -0.2) is 23.4 Å². The van der Waals surface area contributed by atoms with Gasteiger partial charge in [-0.05, 0) is 28.2 Å². The first-order valence-corrected chi connectivity index (χ1v) is 4.89. The average Bonchev–Trinajstić information content (AvgIpc) is 1.80. The van der Waals surface area contributed by atoms with Crippen LogP contribution < -0.4 is 0 Å². The molecule has 0 amide bonds. The van der Waals surface area contributed by atoms with E-state index in [1.807, 2.05) is 0 Å². The van der Waals surface area contributed by atoms with Gasteiger partial charge in [0.05, 0.1) is 0 Å². The van der Waals surface area contributed by atoms with Crippen LogP contribution in [0.5, 0.6) is 0 Å². The molecule has 0 saturated carbocycles. The van der Waals surface area contributed by atoms with Crippen molar-refractivity contribution in [3.63, 3.8) is 0 Å². The number of phosphoric acid groups is 1. The third-order valence-corrected chi connectivity index (χ3v) is 2.54. The van der Waals surface area contributed by atoms with Gasteiger partial charge < -0.3 is 4.89 Å². The second-order valence-electron chi connectivity index (χ2n) is 2.99. The summed E-state index contributed by atoms with van der Waals surface area (Å²) in [4.78, 5) is 11.9. The molecule has 0 atom stereocenters. The van der Waals surface area contributed by atoms with Crippen LogP contribution in [0.15, 0.2) is 0 Å². The van der Waals surface area contributed by atoms with Crippen molar-refractivity contribution in [1.82, 2.24) is 9.80 Å².